The Morgan fingerprint density at radius 3 is 3.06 bits per heavy atom. The molecule has 0 bridgehead atoms. The Morgan fingerprint density at radius 1 is 1.50 bits per heavy atom. The SMILES string of the molecule is CCOC(=O)COCCNCc1nncn1CC. The van der Waals surface area contributed by atoms with Gasteiger partial charge in [0, 0.05) is 13.1 Å². The Hall–Kier alpha value is -1.47. The molecule has 0 unspecified atom stereocenters. The molecule has 0 atom stereocenters. The topological polar surface area (TPSA) is 78.3 Å². The van der Waals surface area contributed by atoms with E-state index in [0.717, 1.165) is 12.4 Å². The first-order valence-corrected chi connectivity index (χ1v) is 6.08. The van der Waals surface area contributed by atoms with Crippen molar-refractivity contribution in [1.29, 1.82) is 0 Å². The molecular weight excluding hydrogens is 236 g/mol. The minimum Gasteiger partial charge on any atom is -0.464 e. The quantitative estimate of drug-likeness (QED) is 0.493. The van der Waals surface area contributed by atoms with E-state index >= 15 is 0 Å². The second-order valence-electron chi connectivity index (χ2n) is 3.57. The molecule has 0 aromatic carbocycles. The highest BCUT2D eigenvalue weighted by molar-refractivity contribution is 5.70. The van der Waals surface area contributed by atoms with Crippen molar-refractivity contribution in [2.24, 2.45) is 0 Å². The molecule has 1 rings (SSSR count). The summed E-state index contributed by atoms with van der Waals surface area (Å²) in [5, 5.41) is 11.0. The molecule has 7 nitrogen and oxygen atoms in total. The molecule has 0 fully saturated rings. The maximum Gasteiger partial charge on any atom is 0.332 e. The molecule has 7 heteroatoms. The Balaban J connectivity index is 2.04. The zero-order chi connectivity index (χ0) is 13.2. The number of nitrogens with zero attached hydrogens (tertiary/aromatic N) is 3. The molecule has 0 aliphatic heterocycles. The minimum atomic E-state index is -0.330. The zero-order valence-electron chi connectivity index (χ0n) is 10.9. The Bertz CT molecular complexity index is 354. The van der Waals surface area contributed by atoms with Crippen LogP contribution < -0.4 is 5.32 Å². The van der Waals surface area contributed by atoms with Gasteiger partial charge in [-0.15, -0.1) is 10.2 Å². The van der Waals surface area contributed by atoms with Gasteiger partial charge >= 0.3 is 5.97 Å². The third-order valence-electron chi connectivity index (χ3n) is 2.27. The van der Waals surface area contributed by atoms with Crippen LogP contribution in [0.3, 0.4) is 0 Å². The lowest BCUT2D eigenvalue weighted by Crippen LogP contribution is -2.23. The number of carbonyl (C=O) groups is 1. The number of hydrogen-bond acceptors (Lipinski definition) is 6. The van der Waals surface area contributed by atoms with Gasteiger partial charge in [0.2, 0.25) is 0 Å². The van der Waals surface area contributed by atoms with Crippen molar-refractivity contribution in [3.8, 4) is 0 Å². The van der Waals surface area contributed by atoms with E-state index in [2.05, 4.69) is 15.5 Å². The number of aromatic nitrogens is 3. The van der Waals surface area contributed by atoms with Crippen molar-refractivity contribution in [2.45, 2.75) is 26.9 Å². The number of ether oxygens (including phenoxy) is 2. The summed E-state index contributed by atoms with van der Waals surface area (Å²) in [6, 6.07) is 0. The Morgan fingerprint density at radius 2 is 2.33 bits per heavy atom. The van der Waals surface area contributed by atoms with E-state index in [1.54, 1.807) is 13.3 Å². The van der Waals surface area contributed by atoms with Crippen molar-refractivity contribution < 1.29 is 14.3 Å². The van der Waals surface area contributed by atoms with Gasteiger partial charge in [0.05, 0.1) is 19.8 Å². The lowest BCUT2D eigenvalue weighted by atomic mass is 10.5. The maximum atomic E-state index is 11.0. The van der Waals surface area contributed by atoms with Crippen LogP contribution in [0, 0.1) is 0 Å². The largest absolute Gasteiger partial charge is 0.464 e. The number of carbonyl (C=O) groups excluding carboxylic acids is 1. The van der Waals surface area contributed by atoms with Crippen molar-refractivity contribution in [2.75, 3.05) is 26.4 Å². The van der Waals surface area contributed by atoms with Crippen LogP contribution in [0.15, 0.2) is 6.33 Å². The van der Waals surface area contributed by atoms with Gasteiger partial charge in [-0.3, -0.25) is 0 Å². The standard InChI is InChI=1S/C11H20N4O3/c1-3-15-9-13-14-10(15)7-12-5-6-17-8-11(16)18-4-2/h9,12H,3-8H2,1-2H3. The van der Waals surface area contributed by atoms with E-state index in [1.807, 2.05) is 11.5 Å². The first-order chi connectivity index (χ1) is 8.77. The average Bonchev–Trinajstić information content (AvgIpc) is 2.81. The van der Waals surface area contributed by atoms with E-state index in [0.29, 0.717) is 26.3 Å². The molecule has 1 aromatic rings. The van der Waals surface area contributed by atoms with Crippen LogP contribution in [0.25, 0.3) is 0 Å². The molecule has 1 heterocycles. The van der Waals surface area contributed by atoms with Gasteiger partial charge in [-0.1, -0.05) is 0 Å². The number of esters is 1. The summed E-state index contributed by atoms with van der Waals surface area (Å²) in [6.45, 7) is 6.78. The zero-order valence-corrected chi connectivity index (χ0v) is 10.9. The predicted molar refractivity (Wildman–Crippen MR) is 64.9 cm³/mol. The van der Waals surface area contributed by atoms with E-state index in [1.165, 1.54) is 0 Å². The highest BCUT2D eigenvalue weighted by atomic mass is 16.6. The lowest BCUT2D eigenvalue weighted by Gasteiger charge is -2.06. The van der Waals surface area contributed by atoms with Crippen LogP contribution in [0.1, 0.15) is 19.7 Å². The maximum absolute atomic E-state index is 11.0. The third kappa shape index (κ3) is 5.24. The second-order valence-corrected chi connectivity index (χ2v) is 3.57. The van der Waals surface area contributed by atoms with Crippen LogP contribution >= 0.6 is 0 Å². The van der Waals surface area contributed by atoms with Gasteiger partial charge in [-0.2, -0.15) is 0 Å². The van der Waals surface area contributed by atoms with Crippen molar-refractivity contribution >= 4 is 5.97 Å². The Labute approximate surface area is 106 Å². The van der Waals surface area contributed by atoms with Gasteiger partial charge in [0.1, 0.15) is 18.8 Å². The van der Waals surface area contributed by atoms with Gasteiger partial charge < -0.3 is 19.4 Å². The van der Waals surface area contributed by atoms with E-state index in [4.69, 9.17) is 9.47 Å². The molecule has 18 heavy (non-hydrogen) atoms. The van der Waals surface area contributed by atoms with Crippen molar-refractivity contribution in [1.82, 2.24) is 20.1 Å². The minimum absolute atomic E-state index is 0.000657. The van der Waals surface area contributed by atoms with Gasteiger partial charge in [0.25, 0.3) is 0 Å². The number of aryl methyl sites for hydroxylation is 1. The fraction of sp³-hybridized carbons (Fsp3) is 0.727. The van der Waals surface area contributed by atoms with Crippen LogP contribution in [0.5, 0.6) is 0 Å². The van der Waals surface area contributed by atoms with Crippen molar-refractivity contribution in [3.63, 3.8) is 0 Å². The van der Waals surface area contributed by atoms with Crippen LogP contribution in [0.2, 0.25) is 0 Å². The average molecular weight is 256 g/mol. The summed E-state index contributed by atoms with van der Waals surface area (Å²) < 4.78 is 11.8. The normalized spacial score (nSPS) is 10.6. The third-order valence-corrected chi connectivity index (χ3v) is 2.27. The molecule has 0 saturated heterocycles. The van der Waals surface area contributed by atoms with Crippen LogP contribution in [-0.4, -0.2) is 47.1 Å². The smallest absolute Gasteiger partial charge is 0.332 e. The molecule has 0 saturated carbocycles. The first-order valence-electron chi connectivity index (χ1n) is 6.08. The van der Waals surface area contributed by atoms with E-state index < -0.39 is 0 Å². The van der Waals surface area contributed by atoms with Gasteiger partial charge in [-0.25, -0.2) is 4.79 Å². The van der Waals surface area contributed by atoms with E-state index in [9.17, 15) is 4.79 Å². The van der Waals surface area contributed by atoms with Crippen LogP contribution in [0.4, 0.5) is 0 Å². The van der Waals surface area contributed by atoms with E-state index in [-0.39, 0.29) is 12.6 Å². The summed E-state index contributed by atoms with van der Waals surface area (Å²) in [5.74, 6) is 0.561. The van der Waals surface area contributed by atoms with Gasteiger partial charge in [0.15, 0.2) is 0 Å². The highest BCUT2D eigenvalue weighted by Crippen LogP contribution is 1.93. The summed E-state index contributed by atoms with van der Waals surface area (Å²) in [6.07, 6.45) is 1.70. The molecule has 0 amide bonds. The summed E-state index contributed by atoms with van der Waals surface area (Å²) in [5.41, 5.74) is 0. The second kappa shape index (κ2) is 8.60. The van der Waals surface area contributed by atoms with Gasteiger partial charge in [-0.05, 0) is 13.8 Å². The molecule has 0 aliphatic rings. The fourth-order valence-electron chi connectivity index (χ4n) is 1.38. The Kier molecular flexibility index (Phi) is 6.97. The summed E-state index contributed by atoms with van der Waals surface area (Å²) in [4.78, 5) is 11.0. The van der Waals surface area contributed by atoms with Crippen LogP contribution in [-0.2, 0) is 27.4 Å². The molecule has 1 N–H and O–H groups in total. The monoisotopic (exact) mass is 256 g/mol. The number of nitrogens with one attached hydrogen (secondary N) is 1. The molecular formula is C11H20N4O3. The molecule has 0 spiro atoms. The lowest BCUT2D eigenvalue weighted by molar-refractivity contribution is -0.148. The molecule has 0 aliphatic carbocycles. The fourth-order valence-corrected chi connectivity index (χ4v) is 1.38. The van der Waals surface area contributed by atoms with Crippen molar-refractivity contribution in [3.05, 3.63) is 12.2 Å². The number of rotatable bonds is 9. The highest BCUT2D eigenvalue weighted by Gasteiger charge is 2.02. The predicted octanol–water partition coefficient (Wildman–Crippen LogP) is -0.0327. The summed E-state index contributed by atoms with van der Waals surface area (Å²) in [7, 11) is 0. The molecule has 1 aromatic heterocycles. The number of hydrogen-bond donors (Lipinski definition) is 1. The summed E-state index contributed by atoms with van der Waals surface area (Å²) >= 11 is 0. The molecule has 0 radical (unpaired) electrons. The first kappa shape index (κ1) is 14.6. The molecule has 102 valence electrons.